The first kappa shape index (κ1) is 16.1. The highest BCUT2D eigenvalue weighted by atomic mass is 32.1. The van der Waals surface area contributed by atoms with Crippen molar-refractivity contribution in [2.24, 2.45) is 5.92 Å². The summed E-state index contributed by atoms with van der Waals surface area (Å²) in [6.07, 6.45) is 1.05. The second-order valence-corrected chi connectivity index (χ2v) is 6.74. The molecule has 1 unspecified atom stereocenters. The van der Waals surface area contributed by atoms with Gasteiger partial charge in [0.1, 0.15) is 11.4 Å². The molecule has 5 nitrogen and oxygen atoms in total. The van der Waals surface area contributed by atoms with Gasteiger partial charge in [0.15, 0.2) is 0 Å². The third-order valence-corrected chi connectivity index (χ3v) is 4.83. The van der Waals surface area contributed by atoms with Crippen molar-refractivity contribution in [1.82, 2.24) is 4.37 Å². The maximum Gasteiger partial charge on any atom is 0.275 e. The fourth-order valence-electron chi connectivity index (χ4n) is 2.90. The van der Waals surface area contributed by atoms with Crippen molar-refractivity contribution in [3.05, 3.63) is 53.5 Å². The molecule has 0 saturated carbocycles. The van der Waals surface area contributed by atoms with E-state index in [4.69, 9.17) is 9.47 Å². The summed E-state index contributed by atoms with van der Waals surface area (Å²) in [6, 6.07) is 13.5. The monoisotopic (exact) mass is 354 g/mol. The number of amides is 1. The van der Waals surface area contributed by atoms with Crippen molar-refractivity contribution in [3.8, 4) is 5.75 Å². The number of hydrogen-bond acceptors (Lipinski definition) is 5. The number of anilines is 1. The Morgan fingerprint density at radius 2 is 2.28 bits per heavy atom. The van der Waals surface area contributed by atoms with Gasteiger partial charge in [-0.3, -0.25) is 4.79 Å². The quantitative estimate of drug-likeness (QED) is 0.753. The summed E-state index contributed by atoms with van der Waals surface area (Å²) in [4.78, 5) is 12.1. The number of nitrogens with zero attached hydrogens (tertiary/aromatic N) is 1. The molecular formula is C19H18N2O3S. The molecule has 0 bridgehead atoms. The van der Waals surface area contributed by atoms with Crippen molar-refractivity contribution in [3.63, 3.8) is 0 Å². The van der Waals surface area contributed by atoms with Crippen LogP contribution in [0.25, 0.3) is 10.8 Å². The second kappa shape index (κ2) is 7.21. The first-order valence-electron chi connectivity index (χ1n) is 8.24. The molecule has 1 saturated heterocycles. The van der Waals surface area contributed by atoms with Crippen LogP contribution in [0.2, 0.25) is 0 Å². The minimum absolute atomic E-state index is 0.200. The van der Waals surface area contributed by atoms with Crippen LogP contribution in [-0.2, 0) is 4.74 Å². The van der Waals surface area contributed by atoms with Crippen molar-refractivity contribution in [1.29, 1.82) is 0 Å². The van der Waals surface area contributed by atoms with Crippen LogP contribution in [0.3, 0.4) is 0 Å². The Hall–Kier alpha value is -2.44. The van der Waals surface area contributed by atoms with E-state index in [0.29, 0.717) is 18.2 Å². The van der Waals surface area contributed by atoms with E-state index in [-0.39, 0.29) is 5.91 Å². The second-order valence-electron chi connectivity index (χ2n) is 6.07. The van der Waals surface area contributed by atoms with Crippen molar-refractivity contribution in [2.45, 2.75) is 6.42 Å². The zero-order chi connectivity index (χ0) is 17.1. The molecule has 3 aromatic rings. The Morgan fingerprint density at radius 3 is 3.08 bits per heavy atom. The molecule has 1 atom stereocenters. The van der Waals surface area contributed by atoms with Crippen molar-refractivity contribution in [2.75, 3.05) is 25.1 Å². The predicted molar refractivity (Wildman–Crippen MR) is 98.4 cm³/mol. The molecule has 0 aliphatic carbocycles. The highest BCUT2D eigenvalue weighted by Gasteiger charge is 2.16. The van der Waals surface area contributed by atoms with Crippen LogP contribution >= 0.6 is 11.5 Å². The molecule has 2 heterocycles. The van der Waals surface area contributed by atoms with Gasteiger partial charge in [0, 0.05) is 29.0 Å². The Labute approximate surface area is 149 Å². The minimum atomic E-state index is -0.200. The van der Waals surface area contributed by atoms with Crippen molar-refractivity contribution < 1.29 is 14.3 Å². The molecular weight excluding hydrogens is 336 g/mol. The van der Waals surface area contributed by atoms with E-state index in [1.54, 1.807) is 11.4 Å². The summed E-state index contributed by atoms with van der Waals surface area (Å²) in [5, 5.41) is 6.73. The molecule has 1 aromatic heterocycles. The number of carbonyl (C=O) groups excluding carboxylic acids is 1. The first-order chi connectivity index (χ1) is 12.3. The Kier molecular flexibility index (Phi) is 4.63. The number of ether oxygens (including phenoxy) is 2. The Bertz CT molecular complexity index is 874. The molecule has 25 heavy (non-hydrogen) atoms. The normalized spacial score (nSPS) is 16.9. The summed E-state index contributed by atoms with van der Waals surface area (Å²) in [5.74, 6) is 1.13. The molecule has 2 aromatic carbocycles. The zero-order valence-electron chi connectivity index (χ0n) is 13.6. The third kappa shape index (κ3) is 3.65. The molecule has 0 spiro atoms. The van der Waals surface area contributed by atoms with Gasteiger partial charge in [0.05, 0.1) is 13.2 Å². The lowest BCUT2D eigenvalue weighted by molar-refractivity contribution is 0.102. The molecule has 128 valence electrons. The van der Waals surface area contributed by atoms with Gasteiger partial charge < -0.3 is 14.8 Å². The number of carbonyl (C=O) groups is 1. The number of benzene rings is 2. The van der Waals surface area contributed by atoms with E-state index in [9.17, 15) is 4.79 Å². The molecule has 0 radical (unpaired) electrons. The minimum Gasteiger partial charge on any atom is -0.493 e. The highest BCUT2D eigenvalue weighted by Crippen LogP contribution is 2.29. The Morgan fingerprint density at radius 1 is 1.32 bits per heavy atom. The first-order valence-corrected chi connectivity index (χ1v) is 9.08. The molecule has 4 rings (SSSR count). The summed E-state index contributed by atoms with van der Waals surface area (Å²) < 4.78 is 15.4. The lowest BCUT2D eigenvalue weighted by Gasteiger charge is -2.13. The lowest BCUT2D eigenvalue weighted by atomic mass is 10.1. The summed E-state index contributed by atoms with van der Waals surface area (Å²) in [7, 11) is 0. The van der Waals surface area contributed by atoms with Gasteiger partial charge >= 0.3 is 0 Å². The number of aromatic nitrogens is 1. The van der Waals surface area contributed by atoms with Gasteiger partial charge in [0.25, 0.3) is 5.91 Å². The standard InChI is InChI=1S/C19H18N2O3S/c22-19(17-7-9-25-21-17)20-15-4-5-16-14(10-15)2-1-3-18(16)24-12-13-6-8-23-11-13/h1-5,7,9-10,13H,6,8,11-12H2,(H,20,22). The molecule has 1 aliphatic heterocycles. The molecule has 1 fully saturated rings. The van der Waals surface area contributed by atoms with Crippen LogP contribution in [-0.4, -0.2) is 30.1 Å². The molecule has 1 N–H and O–H groups in total. The van der Waals surface area contributed by atoms with Gasteiger partial charge in [-0.25, -0.2) is 0 Å². The maximum absolute atomic E-state index is 12.1. The fourth-order valence-corrected chi connectivity index (χ4v) is 3.41. The maximum atomic E-state index is 12.1. The zero-order valence-corrected chi connectivity index (χ0v) is 14.4. The fraction of sp³-hybridized carbons (Fsp3) is 0.263. The van der Waals surface area contributed by atoms with Gasteiger partial charge in [-0.1, -0.05) is 12.1 Å². The van der Waals surface area contributed by atoms with Gasteiger partial charge in [0.2, 0.25) is 0 Å². The third-order valence-electron chi connectivity index (χ3n) is 4.27. The van der Waals surface area contributed by atoms with E-state index in [0.717, 1.165) is 41.8 Å². The van der Waals surface area contributed by atoms with Crippen molar-refractivity contribution >= 4 is 33.9 Å². The molecule has 1 aliphatic rings. The smallest absolute Gasteiger partial charge is 0.275 e. The van der Waals surface area contributed by atoms with E-state index in [2.05, 4.69) is 9.69 Å². The molecule has 1 amide bonds. The van der Waals surface area contributed by atoms with E-state index >= 15 is 0 Å². The lowest BCUT2D eigenvalue weighted by Crippen LogP contribution is -2.12. The average molecular weight is 354 g/mol. The van der Waals surface area contributed by atoms with Crippen LogP contribution in [0.15, 0.2) is 47.8 Å². The summed E-state index contributed by atoms with van der Waals surface area (Å²) in [5.41, 5.74) is 1.17. The topological polar surface area (TPSA) is 60.5 Å². The van der Waals surface area contributed by atoms with Gasteiger partial charge in [-0.05, 0) is 53.7 Å². The number of rotatable bonds is 5. The van der Waals surface area contributed by atoms with Crippen LogP contribution in [0.1, 0.15) is 16.9 Å². The average Bonchev–Trinajstić information content (AvgIpc) is 3.33. The number of nitrogens with one attached hydrogen (secondary N) is 1. The van der Waals surface area contributed by atoms with Gasteiger partial charge in [-0.2, -0.15) is 4.37 Å². The summed E-state index contributed by atoms with van der Waals surface area (Å²) in [6.45, 7) is 2.27. The van der Waals surface area contributed by atoms with Crippen LogP contribution in [0.4, 0.5) is 5.69 Å². The largest absolute Gasteiger partial charge is 0.493 e. The van der Waals surface area contributed by atoms with E-state index < -0.39 is 0 Å². The van der Waals surface area contributed by atoms with Crippen LogP contribution < -0.4 is 10.1 Å². The van der Waals surface area contributed by atoms with E-state index in [1.165, 1.54) is 11.5 Å². The predicted octanol–water partition coefficient (Wildman–Crippen LogP) is 3.96. The molecule has 6 heteroatoms. The summed E-state index contributed by atoms with van der Waals surface area (Å²) >= 11 is 1.26. The van der Waals surface area contributed by atoms with Crippen LogP contribution in [0.5, 0.6) is 5.75 Å². The van der Waals surface area contributed by atoms with Crippen LogP contribution in [0, 0.1) is 5.92 Å². The number of hydrogen-bond donors (Lipinski definition) is 1. The van der Waals surface area contributed by atoms with E-state index in [1.807, 2.05) is 36.4 Å². The Balaban J connectivity index is 1.51. The highest BCUT2D eigenvalue weighted by molar-refractivity contribution is 7.03. The number of fused-ring (bicyclic) bond motifs is 1. The van der Waals surface area contributed by atoms with Gasteiger partial charge in [-0.15, -0.1) is 0 Å². The SMILES string of the molecule is O=C(Nc1ccc2c(OCC3CCOC3)cccc2c1)c1ccsn1.